The minimum absolute atomic E-state index is 0.0843. The minimum atomic E-state index is 0.0843. The number of nitrogens with zero attached hydrogens (tertiary/aromatic N) is 2. The number of thiophene rings is 1. The van der Waals surface area contributed by atoms with Crippen LogP contribution in [0.4, 0.5) is 0 Å². The number of hydrogen-bond donors (Lipinski definition) is 1. The monoisotopic (exact) mass is 341 g/mol. The van der Waals surface area contributed by atoms with Crippen molar-refractivity contribution in [1.29, 1.82) is 0 Å². The Morgan fingerprint density at radius 3 is 2.89 bits per heavy atom. The van der Waals surface area contributed by atoms with Gasteiger partial charge in [-0.3, -0.25) is 9.69 Å². The molecular formula is C13H16BrN3OS. The molecule has 1 aliphatic rings. The summed E-state index contributed by atoms with van der Waals surface area (Å²) in [6, 6.07) is 2.05. The summed E-state index contributed by atoms with van der Waals surface area (Å²) in [4.78, 5) is 15.8. The normalized spacial score (nSPS) is 17.2. The Hall–Kier alpha value is -0.690. The van der Waals surface area contributed by atoms with Gasteiger partial charge in [-0.25, -0.2) is 0 Å². The van der Waals surface area contributed by atoms with Gasteiger partial charge < -0.3 is 9.88 Å². The summed E-state index contributed by atoms with van der Waals surface area (Å²) in [5.41, 5.74) is 0.0843. The number of aromatic nitrogens is 1. The van der Waals surface area contributed by atoms with Crippen LogP contribution >= 0.6 is 27.3 Å². The van der Waals surface area contributed by atoms with E-state index >= 15 is 0 Å². The van der Waals surface area contributed by atoms with E-state index in [1.165, 1.54) is 4.88 Å². The molecule has 6 heteroatoms. The Morgan fingerprint density at radius 1 is 1.42 bits per heavy atom. The quantitative estimate of drug-likeness (QED) is 0.904. The van der Waals surface area contributed by atoms with Gasteiger partial charge in [-0.1, -0.05) is 0 Å². The van der Waals surface area contributed by atoms with E-state index in [9.17, 15) is 4.79 Å². The fourth-order valence-corrected chi connectivity index (χ4v) is 4.28. The molecule has 2 aromatic rings. The van der Waals surface area contributed by atoms with E-state index in [4.69, 9.17) is 0 Å². The molecule has 3 rings (SSSR count). The number of hydrogen-bond acceptors (Lipinski definition) is 4. The summed E-state index contributed by atoms with van der Waals surface area (Å²) < 4.78 is 3.70. The van der Waals surface area contributed by atoms with Crippen molar-refractivity contribution in [2.24, 2.45) is 7.05 Å². The maximum absolute atomic E-state index is 12.1. The van der Waals surface area contributed by atoms with Gasteiger partial charge in [0.25, 0.3) is 5.56 Å². The van der Waals surface area contributed by atoms with Crippen molar-refractivity contribution in [2.45, 2.75) is 6.54 Å². The van der Waals surface area contributed by atoms with Crippen LogP contribution in [0.1, 0.15) is 4.88 Å². The zero-order chi connectivity index (χ0) is 13.4. The average molecular weight is 342 g/mol. The molecule has 2 aromatic heterocycles. The molecule has 0 aromatic carbocycles. The molecule has 0 amide bonds. The summed E-state index contributed by atoms with van der Waals surface area (Å²) in [5, 5.41) is 4.18. The fourth-order valence-electron chi connectivity index (χ4n) is 2.42. The van der Waals surface area contributed by atoms with Gasteiger partial charge in [0, 0.05) is 50.8 Å². The third-order valence-electron chi connectivity index (χ3n) is 3.45. The molecule has 0 aliphatic carbocycles. The second kappa shape index (κ2) is 5.36. The summed E-state index contributed by atoms with van der Waals surface area (Å²) in [7, 11) is 1.79. The Morgan fingerprint density at radius 2 is 2.16 bits per heavy atom. The van der Waals surface area contributed by atoms with Crippen LogP contribution in [0.5, 0.6) is 0 Å². The standard InChI is InChI=1S/C13H16BrN3OS/c1-16-8-11(14)12-10(13(16)18)6-9(19-12)7-17-4-2-15-3-5-17/h6,8,15H,2-5,7H2,1H3. The summed E-state index contributed by atoms with van der Waals surface area (Å²) >= 11 is 5.27. The molecule has 19 heavy (non-hydrogen) atoms. The molecule has 1 fully saturated rings. The molecule has 1 saturated heterocycles. The van der Waals surface area contributed by atoms with Crippen LogP contribution in [0.2, 0.25) is 0 Å². The van der Waals surface area contributed by atoms with Gasteiger partial charge >= 0.3 is 0 Å². The largest absolute Gasteiger partial charge is 0.317 e. The van der Waals surface area contributed by atoms with Gasteiger partial charge in [0.1, 0.15) is 0 Å². The van der Waals surface area contributed by atoms with Gasteiger partial charge in [0.05, 0.1) is 14.6 Å². The first kappa shape index (κ1) is 13.3. The van der Waals surface area contributed by atoms with Crippen LogP contribution in [-0.4, -0.2) is 35.6 Å². The van der Waals surface area contributed by atoms with Crippen molar-refractivity contribution in [3.05, 3.63) is 32.0 Å². The summed E-state index contributed by atoms with van der Waals surface area (Å²) in [6.07, 6.45) is 1.84. The van der Waals surface area contributed by atoms with Crippen molar-refractivity contribution in [3.63, 3.8) is 0 Å². The first-order valence-corrected chi connectivity index (χ1v) is 7.97. The molecule has 1 N–H and O–H groups in total. The smallest absolute Gasteiger partial charge is 0.259 e. The highest BCUT2D eigenvalue weighted by atomic mass is 79.9. The summed E-state index contributed by atoms with van der Waals surface area (Å²) in [6.45, 7) is 5.20. The van der Waals surface area contributed by atoms with Crippen LogP contribution < -0.4 is 10.9 Å². The van der Waals surface area contributed by atoms with Crippen molar-refractivity contribution < 1.29 is 0 Å². The number of fused-ring (bicyclic) bond motifs is 1. The van der Waals surface area contributed by atoms with E-state index in [1.807, 2.05) is 6.20 Å². The van der Waals surface area contributed by atoms with Crippen molar-refractivity contribution in [1.82, 2.24) is 14.8 Å². The van der Waals surface area contributed by atoms with Crippen LogP contribution in [0.25, 0.3) is 10.1 Å². The number of piperazine rings is 1. The third-order valence-corrected chi connectivity index (χ3v) is 5.46. The minimum Gasteiger partial charge on any atom is -0.317 e. The van der Waals surface area contributed by atoms with E-state index in [1.54, 1.807) is 23.0 Å². The van der Waals surface area contributed by atoms with Crippen molar-refractivity contribution >= 4 is 37.4 Å². The second-order valence-electron chi connectivity index (χ2n) is 4.87. The molecular weight excluding hydrogens is 326 g/mol. The van der Waals surface area contributed by atoms with Gasteiger partial charge in [-0.15, -0.1) is 11.3 Å². The first-order valence-electron chi connectivity index (χ1n) is 6.36. The van der Waals surface area contributed by atoms with Gasteiger partial charge in [-0.05, 0) is 22.0 Å². The molecule has 0 atom stereocenters. The summed E-state index contributed by atoms with van der Waals surface area (Å²) in [5.74, 6) is 0. The lowest BCUT2D eigenvalue weighted by molar-refractivity contribution is 0.235. The molecule has 0 spiro atoms. The molecule has 0 radical (unpaired) electrons. The lowest BCUT2D eigenvalue weighted by atomic mass is 10.3. The zero-order valence-electron chi connectivity index (χ0n) is 10.8. The predicted molar refractivity (Wildman–Crippen MR) is 82.9 cm³/mol. The first-order chi connectivity index (χ1) is 9.15. The van der Waals surface area contributed by atoms with Gasteiger partial charge in [0.15, 0.2) is 0 Å². The molecule has 0 bridgehead atoms. The highest BCUT2D eigenvalue weighted by Crippen LogP contribution is 2.30. The third kappa shape index (κ3) is 2.63. The molecule has 3 heterocycles. The van der Waals surface area contributed by atoms with E-state index < -0.39 is 0 Å². The second-order valence-corrected chi connectivity index (χ2v) is 6.87. The van der Waals surface area contributed by atoms with E-state index in [0.717, 1.165) is 47.3 Å². The number of rotatable bonds is 2. The molecule has 0 saturated carbocycles. The number of aryl methyl sites for hydroxylation is 1. The Labute approximate surface area is 124 Å². The topological polar surface area (TPSA) is 37.3 Å². The predicted octanol–water partition coefficient (Wildman–Crippen LogP) is 1.77. The highest BCUT2D eigenvalue weighted by Gasteiger charge is 2.14. The van der Waals surface area contributed by atoms with Crippen LogP contribution in [0.15, 0.2) is 21.5 Å². The van der Waals surface area contributed by atoms with E-state index in [2.05, 4.69) is 32.2 Å². The van der Waals surface area contributed by atoms with Crippen LogP contribution in [0.3, 0.4) is 0 Å². The Balaban J connectivity index is 1.95. The van der Waals surface area contributed by atoms with Gasteiger partial charge in [0.2, 0.25) is 0 Å². The molecule has 0 unspecified atom stereocenters. The molecule has 102 valence electrons. The van der Waals surface area contributed by atoms with Gasteiger partial charge in [-0.2, -0.15) is 0 Å². The maximum Gasteiger partial charge on any atom is 0.259 e. The fraction of sp³-hybridized carbons (Fsp3) is 0.462. The van der Waals surface area contributed by atoms with E-state index in [-0.39, 0.29) is 5.56 Å². The number of halogens is 1. The molecule has 4 nitrogen and oxygen atoms in total. The average Bonchev–Trinajstić information content (AvgIpc) is 2.82. The SMILES string of the molecule is Cn1cc(Br)c2sc(CN3CCNCC3)cc2c1=O. The number of nitrogens with one attached hydrogen (secondary N) is 1. The van der Waals surface area contributed by atoms with Crippen LogP contribution in [-0.2, 0) is 13.6 Å². The lowest BCUT2D eigenvalue weighted by Gasteiger charge is -2.26. The van der Waals surface area contributed by atoms with Crippen molar-refractivity contribution in [2.75, 3.05) is 26.2 Å². The van der Waals surface area contributed by atoms with E-state index in [0.29, 0.717) is 0 Å². The molecule has 1 aliphatic heterocycles. The van der Waals surface area contributed by atoms with Crippen molar-refractivity contribution in [3.8, 4) is 0 Å². The Bertz CT molecular complexity index is 658. The van der Waals surface area contributed by atoms with Crippen LogP contribution in [0, 0.1) is 0 Å². The number of pyridine rings is 1. The maximum atomic E-state index is 12.1. The Kier molecular flexibility index (Phi) is 3.75. The zero-order valence-corrected chi connectivity index (χ0v) is 13.2. The lowest BCUT2D eigenvalue weighted by Crippen LogP contribution is -2.42. The highest BCUT2D eigenvalue weighted by molar-refractivity contribution is 9.10.